The number of nitrogens with one attached hydrogen (secondary N) is 1. The molecule has 0 saturated heterocycles. The van der Waals surface area contributed by atoms with Crippen LogP contribution in [0.1, 0.15) is 38.5 Å². The SMILES string of the molecule is C=CCN(CC=C)S(=O)(=O)c1ccc2nc(NC(=O)C34CC5CC(CC(C5)C3)C4)sc2c1. The maximum atomic E-state index is 13.3. The molecule has 1 aromatic heterocycles. The van der Waals surface area contributed by atoms with Crippen molar-refractivity contribution in [3.63, 3.8) is 0 Å². The second-order valence-electron chi connectivity index (χ2n) is 9.70. The molecular weight excluding hydrogens is 442 g/mol. The maximum Gasteiger partial charge on any atom is 0.243 e. The van der Waals surface area contributed by atoms with E-state index in [1.54, 1.807) is 30.4 Å². The van der Waals surface area contributed by atoms with E-state index in [1.807, 2.05) is 0 Å². The molecule has 8 heteroatoms. The van der Waals surface area contributed by atoms with Crippen LogP contribution in [0, 0.1) is 23.2 Å². The number of carbonyl (C=O) groups excluding carboxylic acids is 1. The van der Waals surface area contributed by atoms with Crippen molar-refractivity contribution in [2.24, 2.45) is 23.2 Å². The number of hydrogen-bond acceptors (Lipinski definition) is 5. The van der Waals surface area contributed by atoms with Gasteiger partial charge in [0.05, 0.1) is 20.5 Å². The number of amides is 1. The first-order valence-corrected chi connectivity index (χ1v) is 13.5. The van der Waals surface area contributed by atoms with E-state index in [0.717, 1.165) is 24.0 Å². The molecule has 4 aliphatic rings. The van der Waals surface area contributed by atoms with Crippen molar-refractivity contribution in [3.05, 3.63) is 43.5 Å². The van der Waals surface area contributed by atoms with Gasteiger partial charge in [-0.1, -0.05) is 23.5 Å². The molecule has 4 bridgehead atoms. The molecule has 4 fully saturated rings. The zero-order valence-electron chi connectivity index (χ0n) is 18.1. The summed E-state index contributed by atoms with van der Waals surface area (Å²) in [6.45, 7) is 7.72. The lowest BCUT2D eigenvalue weighted by Gasteiger charge is -2.55. The molecule has 1 aromatic carbocycles. The third-order valence-electron chi connectivity index (χ3n) is 7.40. The van der Waals surface area contributed by atoms with Crippen LogP contribution in [0.3, 0.4) is 0 Å². The summed E-state index contributed by atoms with van der Waals surface area (Å²) in [6, 6.07) is 4.92. The number of hydrogen-bond donors (Lipinski definition) is 1. The van der Waals surface area contributed by atoms with Gasteiger partial charge in [-0.3, -0.25) is 4.79 Å². The third-order valence-corrected chi connectivity index (χ3v) is 10.2. The molecule has 32 heavy (non-hydrogen) atoms. The lowest BCUT2D eigenvalue weighted by Crippen LogP contribution is -2.51. The summed E-state index contributed by atoms with van der Waals surface area (Å²) in [5.41, 5.74) is 0.450. The van der Waals surface area contributed by atoms with Gasteiger partial charge in [0.2, 0.25) is 15.9 Å². The fourth-order valence-electron chi connectivity index (χ4n) is 6.45. The van der Waals surface area contributed by atoms with Crippen LogP contribution in [0.5, 0.6) is 0 Å². The topological polar surface area (TPSA) is 79.4 Å². The average molecular weight is 472 g/mol. The Bertz CT molecular complexity index is 1140. The first kappa shape index (κ1) is 21.8. The van der Waals surface area contributed by atoms with Crippen molar-refractivity contribution >= 4 is 42.6 Å². The highest BCUT2D eigenvalue weighted by atomic mass is 32.2. The first-order chi connectivity index (χ1) is 15.3. The van der Waals surface area contributed by atoms with E-state index < -0.39 is 10.0 Å². The molecule has 6 nitrogen and oxygen atoms in total. The predicted molar refractivity (Wildman–Crippen MR) is 128 cm³/mol. The molecule has 2 aromatic rings. The lowest BCUT2D eigenvalue weighted by molar-refractivity contribution is -0.140. The smallest absolute Gasteiger partial charge is 0.243 e. The molecule has 1 amide bonds. The van der Waals surface area contributed by atoms with Gasteiger partial charge in [0.25, 0.3) is 0 Å². The number of rotatable bonds is 8. The molecule has 4 aliphatic carbocycles. The number of thiazole rings is 1. The molecule has 1 N–H and O–H groups in total. The molecule has 4 saturated carbocycles. The van der Waals surface area contributed by atoms with Gasteiger partial charge in [0.1, 0.15) is 0 Å². The standard InChI is InChI=1S/C24H29N3O3S2/c1-3-7-27(8-4-2)32(29,30)19-5-6-20-21(12-19)31-23(25-20)26-22(28)24-13-16-9-17(14-24)11-18(10-16)15-24/h3-6,12,16-18H,1-2,7-11,13-15H2,(H,25,26,28). The molecule has 0 aliphatic heterocycles. The predicted octanol–water partition coefficient (Wildman–Crippen LogP) is 4.81. The van der Waals surface area contributed by atoms with E-state index in [1.165, 1.54) is 34.9 Å². The number of anilines is 1. The first-order valence-electron chi connectivity index (χ1n) is 11.3. The Kier molecular flexibility index (Phi) is 5.50. The van der Waals surface area contributed by atoms with Crippen LogP contribution in [-0.4, -0.2) is 36.7 Å². The van der Waals surface area contributed by atoms with Crippen LogP contribution in [0.25, 0.3) is 10.2 Å². The number of fused-ring (bicyclic) bond motifs is 1. The van der Waals surface area contributed by atoms with E-state index in [2.05, 4.69) is 23.5 Å². The van der Waals surface area contributed by atoms with Gasteiger partial charge in [0.15, 0.2) is 5.13 Å². The van der Waals surface area contributed by atoms with Crippen LogP contribution in [0.4, 0.5) is 5.13 Å². The Morgan fingerprint density at radius 2 is 1.72 bits per heavy atom. The van der Waals surface area contributed by atoms with Crippen molar-refractivity contribution in [2.45, 2.75) is 43.4 Å². The minimum absolute atomic E-state index is 0.103. The van der Waals surface area contributed by atoms with E-state index in [9.17, 15) is 13.2 Å². The van der Waals surface area contributed by atoms with Gasteiger partial charge in [-0.05, 0) is 74.5 Å². The molecule has 0 unspecified atom stereocenters. The van der Waals surface area contributed by atoms with E-state index in [-0.39, 0.29) is 29.3 Å². The highest BCUT2D eigenvalue weighted by Crippen LogP contribution is 2.60. The molecule has 0 atom stereocenters. The summed E-state index contributed by atoms with van der Waals surface area (Å²) in [5, 5.41) is 3.64. The van der Waals surface area contributed by atoms with E-state index in [0.29, 0.717) is 28.4 Å². The summed E-state index contributed by atoms with van der Waals surface area (Å²) in [7, 11) is -3.68. The molecule has 170 valence electrons. The Morgan fingerprint density at radius 1 is 1.12 bits per heavy atom. The minimum Gasteiger partial charge on any atom is -0.301 e. The van der Waals surface area contributed by atoms with Gasteiger partial charge in [0, 0.05) is 13.1 Å². The number of aromatic nitrogens is 1. The van der Waals surface area contributed by atoms with Crippen molar-refractivity contribution < 1.29 is 13.2 Å². The number of sulfonamides is 1. The van der Waals surface area contributed by atoms with Gasteiger partial charge in [-0.25, -0.2) is 13.4 Å². The summed E-state index contributed by atoms with van der Waals surface area (Å²) < 4.78 is 28.2. The van der Waals surface area contributed by atoms with E-state index in [4.69, 9.17) is 0 Å². The van der Waals surface area contributed by atoms with Crippen molar-refractivity contribution in [2.75, 3.05) is 18.4 Å². The van der Waals surface area contributed by atoms with Gasteiger partial charge in [-0.15, -0.1) is 13.2 Å². The summed E-state index contributed by atoms with van der Waals surface area (Å²) in [6.07, 6.45) is 10.00. The van der Waals surface area contributed by atoms with Crippen LogP contribution < -0.4 is 5.32 Å². The zero-order valence-corrected chi connectivity index (χ0v) is 19.8. The summed E-state index contributed by atoms with van der Waals surface area (Å²) >= 11 is 1.33. The fraction of sp³-hybridized carbons (Fsp3) is 0.500. The van der Waals surface area contributed by atoms with Crippen LogP contribution in [0.2, 0.25) is 0 Å². The van der Waals surface area contributed by atoms with Crippen LogP contribution in [0.15, 0.2) is 48.4 Å². The van der Waals surface area contributed by atoms with Crippen LogP contribution >= 0.6 is 11.3 Å². The largest absolute Gasteiger partial charge is 0.301 e. The Balaban J connectivity index is 1.38. The quantitative estimate of drug-likeness (QED) is 0.560. The monoisotopic (exact) mass is 471 g/mol. The average Bonchev–Trinajstić information content (AvgIpc) is 3.14. The number of carbonyl (C=O) groups is 1. The van der Waals surface area contributed by atoms with Gasteiger partial charge in [-0.2, -0.15) is 4.31 Å². The lowest BCUT2D eigenvalue weighted by atomic mass is 9.49. The second kappa shape index (κ2) is 8.08. The molecule has 6 rings (SSSR count). The van der Waals surface area contributed by atoms with Crippen LogP contribution in [-0.2, 0) is 14.8 Å². The zero-order chi connectivity index (χ0) is 22.5. The normalized spacial score (nSPS) is 28.8. The van der Waals surface area contributed by atoms with E-state index >= 15 is 0 Å². The third kappa shape index (κ3) is 3.72. The summed E-state index contributed by atoms with van der Waals surface area (Å²) in [4.78, 5) is 18.1. The molecule has 0 radical (unpaired) electrons. The summed E-state index contributed by atoms with van der Waals surface area (Å²) in [5.74, 6) is 2.20. The van der Waals surface area contributed by atoms with Crippen molar-refractivity contribution in [1.82, 2.24) is 9.29 Å². The maximum absolute atomic E-state index is 13.3. The second-order valence-corrected chi connectivity index (χ2v) is 12.7. The highest BCUT2D eigenvalue weighted by Gasteiger charge is 2.54. The Morgan fingerprint density at radius 3 is 2.28 bits per heavy atom. The van der Waals surface area contributed by atoms with Gasteiger partial charge >= 0.3 is 0 Å². The van der Waals surface area contributed by atoms with Crippen molar-refractivity contribution in [3.8, 4) is 0 Å². The minimum atomic E-state index is -3.68. The fourth-order valence-corrected chi connectivity index (χ4v) is 8.83. The Hall–Kier alpha value is -2.03. The molecular formula is C24H29N3O3S2. The van der Waals surface area contributed by atoms with Crippen molar-refractivity contribution in [1.29, 1.82) is 0 Å². The van der Waals surface area contributed by atoms with Gasteiger partial charge < -0.3 is 5.32 Å². The number of benzene rings is 1. The number of nitrogens with zero attached hydrogens (tertiary/aromatic N) is 2. The Labute approximate surface area is 193 Å². The molecule has 0 spiro atoms. The highest BCUT2D eigenvalue weighted by molar-refractivity contribution is 7.89. The molecule has 1 heterocycles.